The molecule has 4 nitrogen and oxygen atoms in total. The zero-order chi connectivity index (χ0) is 16.3. The Bertz CT molecular complexity index is 589. The van der Waals surface area contributed by atoms with Gasteiger partial charge in [0.25, 0.3) is 0 Å². The number of piperidine rings is 1. The van der Waals surface area contributed by atoms with Crippen molar-refractivity contribution < 1.29 is 9.53 Å². The Balaban J connectivity index is 1.73. The number of likely N-dealkylation sites (tertiary alicyclic amines) is 2. The minimum Gasteiger partial charge on any atom is -0.496 e. The number of carbonyl (C=O) groups is 1. The van der Waals surface area contributed by atoms with E-state index in [1.165, 1.54) is 0 Å². The quantitative estimate of drug-likeness (QED) is 0.804. The van der Waals surface area contributed by atoms with E-state index in [4.69, 9.17) is 4.74 Å². The Morgan fingerprint density at radius 1 is 1.17 bits per heavy atom. The van der Waals surface area contributed by atoms with Crippen LogP contribution >= 0.6 is 0 Å². The number of hydrogen-bond donors (Lipinski definition) is 0. The summed E-state index contributed by atoms with van der Waals surface area (Å²) in [6.07, 6.45) is 8.05. The number of benzene rings is 1. The average Bonchev–Trinajstić information content (AvgIpc) is 2.99. The van der Waals surface area contributed by atoms with Crippen molar-refractivity contribution in [2.24, 2.45) is 0 Å². The van der Waals surface area contributed by atoms with Gasteiger partial charge in [-0.05, 0) is 44.9 Å². The zero-order valence-corrected chi connectivity index (χ0v) is 14.1. The van der Waals surface area contributed by atoms with Gasteiger partial charge in [-0.15, -0.1) is 0 Å². The van der Waals surface area contributed by atoms with Crippen molar-refractivity contribution in [3.05, 3.63) is 35.9 Å². The van der Waals surface area contributed by atoms with Crippen molar-refractivity contribution in [1.82, 2.24) is 9.80 Å². The molecule has 1 amide bonds. The molecular formula is C19H26N2O2. The van der Waals surface area contributed by atoms with Gasteiger partial charge in [0.2, 0.25) is 5.91 Å². The van der Waals surface area contributed by atoms with Crippen molar-refractivity contribution in [3.8, 4) is 5.75 Å². The summed E-state index contributed by atoms with van der Waals surface area (Å²) in [6, 6.07) is 7.78. The van der Waals surface area contributed by atoms with Crippen molar-refractivity contribution in [1.29, 1.82) is 0 Å². The average molecular weight is 314 g/mol. The van der Waals surface area contributed by atoms with E-state index in [0.717, 1.165) is 56.6 Å². The first-order valence-corrected chi connectivity index (χ1v) is 8.46. The molecule has 0 N–H and O–H groups in total. The van der Waals surface area contributed by atoms with E-state index in [0.29, 0.717) is 0 Å². The Kier molecular flexibility index (Phi) is 4.71. The van der Waals surface area contributed by atoms with Crippen LogP contribution in [0.1, 0.15) is 31.2 Å². The molecule has 2 fully saturated rings. The first-order valence-electron chi connectivity index (χ1n) is 8.46. The van der Waals surface area contributed by atoms with Gasteiger partial charge in [0.1, 0.15) is 5.75 Å². The minimum absolute atomic E-state index is 0.0920. The van der Waals surface area contributed by atoms with Gasteiger partial charge in [-0.3, -0.25) is 4.79 Å². The number of carbonyl (C=O) groups excluding carboxylic acids is 1. The molecule has 0 radical (unpaired) electrons. The van der Waals surface area contributed by atoms with Crippen LogP contribution < -0.4 is 4.74 Å². The molecular weight excluding hydrogens is 288 g/mol. The summed E-state index contributed by atoms with van der Waals surface area (Å²) in [4.78, 5) is 17.2. The summed E-state index contributed by atoms with van der Waals surface area (Å²) in [7, 11) is 3.82. The number of nitrogens with zero attached hydrogens (tertiary/aromatic N) is 2. The van der Waals surface area contributed by atoms with Crippen molar-refractivity contribution >= 4 is 12.0 Å². The highest BCUT2D eigenvalue weighted by atomic mass is 16.5. The third-order valence-corrected chi connectivity index (χ3v) is 5.32. The fraction of sp³-hybridized carbons (Fsp3) is 0.526. The summed E-state index contributed by atoms with van der Waals surface area (Å²) < 4.78 is 5.34. The smallest absolute Gasteiger partial charge is 0.247 e. The molecule has 3 rings (SSSR count). The predicted octanol–water partition coefficient (Wildman–Crippen LogP) is 2.80. The van der Waals surface area contributed by atoms with Gasteiger partial charge in [0.05, 0.1) is 7.11 Å². The highest BCUT2D eigenvalue weighted by molar-refractivity contribution is 5.93. The van der Waals surface area contributed by atoms with Crippen molar-refractivity contribution in [2.75, 3.05) is 33.8 Å². The molecule has 4 heteroatoms. The summed E-state index contributed by atoms with van der Waals surface area (Å²) >= 11 is 0. The van der Waals surface area contributed by atoms with Crippen molar-refractivity contribution in [3.63, 3.8) is 0 Å². The normalized spacial score (nSPS) is 21.2. The first-order chi connectivity index (χ1) is 11.1. The molecule has 124 valence electrons. The molecule has 2 aliphatic heterocycles. The maximum atomic E-state index is 12.8. The summed E-state index contributed by atoms with van der Waals surface area (Å²) in [5, 5.41) is 0. The lowest BCUT2D eigenvalue weighted by molar-refractivity contribution is -0.131. The fourth-order valence-electron chi connectivity index (χ4n) is 3.89. The lowest BCUT2D eigenvalue weighted by Gasteiger charge is -2.43. The standard InChI is InChI=1S/C19H26N2O2/c1-20-14-11-19(12-15-20)10-5-13-21(19)18(22)9-8-16-6-3-4-7-17(16)23-2/h3-4,6-9H,5,10-15H2,1-2H3/b9-8+. The van der Waals surface area contributed by atoms with E-state index >= 15 is 0 Å². The fourth-order valence-corrected chi connectivity index (χ4v) is 3.89. The molecule has 1 spiro atoms. The van der Waals surface area contributed by atoms with Crippen LogP contribution in [0, 0.1) is 0 Å². The van der Waals surface area contributed by atoms with Crippen LogP contribution in [0.5, 0.6) is 5.75 Å². The summed E-state index contributed by atoms with van der Waals surface area (Å²) in [6.45, 7) is 3.05. The molecule has 0 atom stereocenters. The van der Waals surface area contributed by atoms with Crippen LogP contribution in [0.3, 0.4) is 0 Å². The molecule has 2 heterocycles. The van der Waals surface area contributed by atoms with Gasteiger partial charge in [-0.25, -0.2) is 0 Å². The molecule has 0 aromatic heterocycles. The summed E-state index contributed by atoms with van der Waals surface area (Å²) in [5.41, 5.74) is 1.04. The SMILES string of the molecule is COc1ccccc1/C=C/C(=O)N1CCCC12CCN(C)CC2. The molecule has 1 aromatic rings. The Hall–Kier alpha value is -1.81. The Labute approximate surface area is 138 Å². The number of para-hydroxylation sites is 1. The predicted molar refractivity (Wildman–Crippen MR) is 92.4 cm³/mol. The number of amides is 1. The molecule has 23 heavy (non-hydrogen) atoms. The minimum atomic E-state index is 0.0920. The second-order valence-electron chi connectivity index (χ2n) is 6.70. The van der Waals surface area contributed by atoms with Crippen LogP contribution in [0.2, 0.25) is 0 Å². The Morgan fingerprint density at radius 2 is 1.91 bits per heavy atom. The topological polar surface area (TPSA) is 32.8 Å². The number of hydrogen-bond acceptors (Lipinski definition) is 3. The third kappa shape index (κ3) is 3.27. The number of methoxy groups -OCH3 is 1. The highest BCUT2D eigenvalue weighted by Crippen LogP contribution is 2.38. The third-order valence-electron chi connectivity index (χ3n) is 5.32. The molecule has 0 saturated carbocycles. The number of ether oxygens (including phenoxy) is 1. The molecule has 0 unspecified atom stereocenters. The van der Waals surface area contributed by atoms with Gasteiger partial charge in [0.15, 0.2) is 0 Å². The molecule has 0 aliphatic carbocycles. The van der Waals surface area contributed by atoms with Gasteiger partial charge in [-0.2, -0.15) is 0 Å². The van der Waals surface area contributed by atoms with Gasteiger partial charge in [-0.1, -0.05) is 18.2 Å². The van der Waals surface area contributed by atoms with Gasteiger partial charge < -0.3 is 14.5 Å². The second kappa shape index (κ2) is 6.75. The summed E-state index contributed by atoms with van der Waals surface area (Å²) in [5.74, 6) is 0.935. The van der Waals surface area contributed by atoms with E-state index < -0.39 is 0 Å². The highest BCUT2D eigenvalue weighted by Gasteiger charge is 2.44. The van der Waals surface area contributed by atoms with E-state index in [-0.39, 0.29) is 11.4 Å². The molecule has 0 bridgehead atoms. The first kappa shape index (κ1) is 16.1. The van der Waals surface area contributed by atoms with Gasteiger partial charge in [0, 0.05) is 36.8 Å². The van der Waals surface area contributed by atoms with Crippen LogP contribution in [0.15, 0.2) is 30.3 Å². The monoisotopic (exact) mass is 314 g/mol. The molecule has 2 aliphatic rings. The van der Waals surface area contributed by atoms with E-state index in [1.807, 2.05) is 30.3 Å². The van der Waals surface area contributed by atoms with Crippen LogP contribution in [0.25, 0.3) is 6.08 Å². The number of rotatable bonds is 3. The van der Waals surface area contributed by atoms with Crippen molar-refractivity contribution in [2.45, 2.75) is 31.2 Å². The zero-order valence-electron chi connectivity index (χ0n) is 14.1. The maximum Gasteiger partial charge on any atom is 0.247 e. The largest absolute Gasteiger partial charge is 0.496 e. The van der Waals surface area contributed by atoms with Crippen LogP contribution in [-0.2, 0) is 4.79 Å². The van der Waals surface area contributed by atoms with E-state index in [9.17, 15) is 4.79 Å². The second-order valence-corrected chi connectivity index (χ2v) is 6.70. The maximum absolute atomic E-state index is 12.8. The molecule has 1 aromatic carbocycles. The molecule has 2 saturated heterocycles. The van der Waals surface area contributed by atoms with E-state index in [1.54, 1.807) is 13.2 Å². The Morgan fingerprint density at radius 3 is 2.65 bits per heavy atom. The van der Waals surface area contributed by atoms with Gasteiger partial charge >= 0.3 is 0 Å². The lowest BCUT2D eigenvalue weighted by atomic mass is 9.85. The van der Waals surface area contributed by atoms with Crippen LogP contribution in [-0.4, -0.2) is 55.0 Å². The van der Waals surface area contributed by atoms with E-state index in [2.05, 4.69) is 16.8 Å². The lowest BCUT2D eigenvalue weighted by Crippen LogP contribution is -2.53. The van der Waals surface area contributed by atoms with Crippen LogP contribution in [0.4, 0.5) is 0 Å².